The molecule has 2 heteroatoms. The van der Waals surface area contributed by atoms with Crippen molar-refractivity contribution in [2.75, 3.05) is 13.1 Å². The maximum Gasteiger partial charge on any atom is 0.0607 e. The number of thioether (sulfide) groups is 1. The second-order valence-corrected chi connectivity index (χ2v) is 5.85. The number of hydrogen-bond donors (Lipinski definition) is 0. The van der Waals surface area contributed by atoms with E-state index in [0.29, 0.717) is 0 Å². The van der Waals surface area contributed by atoms with Crippen LogP contribution in [0.1, 0.15) is 19.3 Å². The van der Waals surface area contributed by atoms with Gasteiger partial charge in [0.25, 0.3) is 0 Å². The molecule has 3 heterocycles. The molecule has 1 atom stereocenters. The molecular weight excluding hydrogens is 202 g/mol. The minimum Gasteiger partial charge on any atom is -0.291 e. The van der Waals surface area contributed by atoms with Crippen molar-refractivity contribution in [1.29, 1.82) is 0 Å². The molecule has 0 aromatic heterocycles. The predicted octanol–water partition coefficient (Wildman–Crippen LogP) is 3.22. The zero-order valence-electron chi connectivity index (χ0n) is 8.93. The fourth-order valence-electron chi connectivity index (χ4n) is 2.69. The molecule has 0 aliphatic carbocycles. The van der Waals surface area contributed by atoms with Gasteiger partial charge in [-0.15, -0.1) is 11.8 Å². The molecule has 0 amide bonds. The molecule has 1 aromatic rings. The maximum atomic E-state index is 2.66. The fourth-order valence-corrected chi connectivity index (χ4v) is 4.05. The Morgan fingerprint density at radius 1 is 1.07 bits per heavy atom. The van der Waals surface area contributed by atoms with Crippen LogP contribution in [0.25, 0.3) is 0 Å². The van der Waals surface area contributed by atoms with Crippen molar-refractivity contribution in [3.05, 3.63) is 30.3 Å². The molecule has 3 fully saturated rings. The summed E-state index contributed by atoms with van der Waals surface area (Å²) < 4.78 is 0. The Balaban J connectivity index is 1.69. The predicted molar refractivity (Wildman–Crippen MR) is 65.0 cm³/mol. The second-order valence-electron chi connectivity index (χ2n) is 4.60. The number of fused-ring (bicyclic) bond motifs is 3. The molecule has 0 saturated carbocycles. The van der Waals surface area contributed by atoms with Crippen LogP contribution in [0.3, 0.4) is 0 Å². The van der Waals surface area contributed by atoms with Crippen LogP contribution in [0.4, 0.5) is 0 Å². The van der Waals surface area contributed by atoms with E-state index in [1.165, 1.54) is 37.2 Å². The van der Waals surface area contributed by atoms with Gasteiger partial charge in [-0.2, -0.15) is 0 Å². The quantitative estimate of drug-likeness (QED) is 0.751. The molecule has 3 aliphatic heterocycles. The summed E-state index contributed by atoms with van der Waals surface area (Å²) in [5.41, 5.74) is 0. The van der Waals surface area contributed by atoms with Gasteiger partial charge in [-0.25, -0.2) is 0 Å². The highest BCUT2D eigenvalue weighted by Gasteiger charge is 2.33. The topological polar surface area (TPSA) is 3.24 Å². The molecule has 1 unspecified atom stereocenters. The Kier molecular flexibility index (Phi) is 2.72. The number of nitrogens with zero attached hydrogens (tertiary/aromatic N) is 1. The third-order valence-electron chi connectivity index (χ3n) is 3.61. The van der Waals surface area contributed by atoms with Crippen LogP contribution in [0.15, 0.2) is 35.2 Å². The highest BCUT2D eigenvalue weighted by atomic mass is 32.2. The fraction of sp³-hybridized carbons (Fsp3) is 0.538. The normalized spacial score (nSPS) is 34.3. The van der Waals surface area contributed by atoms with E-state index in [9.17, 15) is 0 Å². The molecule has 0 spiro atoms. The molecule has 80 valence electrons. The molecule has 4 rings (SSSR count). The number of benzene rings is 1. The van der Waals surface area contributed by atoms with E-state index >= 15 is 0 Å². The molecule has 1 aromatic carbocycles. The van der Waals surface area contributed by atoms with Crippen LogP contribution in [0.5, 0.6) is 0 Å². The average molecular weight is 219 g/mol. The van der Waals surface area contributed by atoms with Gasteiger partial charge in [-0.05, 0) is 50.4 Å². The van der Waals surface area contributed by atoms with Crippen LogP contribution >= 0.6 is 11.8 Å². The number of piperidine rings is 3. The molecule has 3 saturated heterocycles. The van der Waals surface area contributed by atoms with Crippen LogP contribution in [-0.2, 0) is 0 Å². The molecular formula is C13H17NS. The van der Waals surface area contributed by atoms with Crippen molar-refractivity contribution >= 4 is 11.8 Å². The van der Waals surface area contributed by atoms with Crippen molar-refractivity contribution in [2.45, 2.75) is 29.5 Å². The third-order valence-corrected chi connectivity index (χ3v) is 4.91. The summed E-state index contributed by atoms with van der Waals surface area (Å²) in [5, 5.41) is 0.750. The van der Waals surface area contributed by atoms with Crippen LogP contribution in [-0.4, -0.2) is 23.4 Å². The van der Waals surface area contributed by atoms with Crippen molar-refractivity contribution in [1.82, 2.24) is 4.90 Å². The van der Waals surface area contributed by atoms with Gasteiger partial charge in [0, 0.05) is 4.90 Å². The van der Waals surface area contributed by atoms with Crippen molar-refractivity contribution in [2.24, 2.45) is 5.92 Å². The Labute approximate surface area is 95.9 Å². The van der Waals surface area contributed by atoms with Gasteiger partial charge in [0.05, 0.1) is 5.37 Å². The largest absolute Gasteiger partial charge is 0.291 e. The van der Waals surface area contributed by atoms with Gasteiger partial charge in [0.2, 0.25) is 0 Å². The average Bonchev–Trinajstić information content (AvgIpc) is 2.32. The van der Waals surface area contributed by atoms with Gasteiger partial charge in [-0.1, -0.05) is 18.2 Å². The van der Waals surface area contributed by atoms with Crippen molar-refractivity contribution in [3.63, 3.8) is 0 Å². The van der Waals surface area contributed by atoms with Crippen molar-refractivity contribution in [3.8, 4) is 0 Å². The molecule has 1 nitrogen and oxygen atoms in total. The van der Waals surface area contributed by atoms with Gasteiger partial charge in [-0.3, -0.25) is 4.90 Å². The first-order chi connectivity index (χ1) is 7.42. The molecule has 0 radical (unpaired) electrons. The Hall–Kier alpha value is -0.470. The summed E-state index contributed by atoms with van der Waals surface area (Å²) in [6, 6.07) is 10.8. The van der Waals surface area contributed by atoms with Gasteiger partial charge < -0.3 is 0 Å². The molecule has 0 N–H and O–H groups in total. The summed E-state index contributed by atoms with van der Waals surface area (Å²) in [6.07, 6.45) is 4.28. The van der Waals surface area contributed by atoms with E-state index in [1.807, 2.05) is 0 Å². The lowest BCUT2D eigenvalue weighted by molar-refractivity contribution is 0.0936. The van der Waals surface area contributed by atoms with E-state index in [2.05, 4.69) is 47.0 Å². The molecule has 2 bridgehead atoms. The van der Waals surface area contributed by atoms with Gasteiger partial charge in [0.1, 0.15) is 0 Å². The standard InChI is InChI=1S/C13H17NS/c1-2-4-12(5-3-1)15-13-10-11-6-8-14(13)9-7-11/h1-5,11,13H,6-10H2. The summed E-state index contributed by atoms with van der Waals surface area (Å²) in [5.74, 6) is 1.01. The van der Waals surface area contributed by atoms with E-state index in [-0.39, 0.29) is 0 Å². The van der Waals surface area contributed by atoms with Gasteiger partial charge >= 0.3 is 0 Å². The molecule has 3 aliphatic rings. The first-order valence-electron chi connectivity index (χ1n) is 5.87. The Bertz CT molecular complexity index is 317. The minimum absolute atomic E-state index is 0.750. The zero-order valence-corrected chi connectivity index (χ0v) is 9.75. The first-order valence-corrected chi connectivity index (χ1v) is 6.75. The van der Waals surface area contributed by atoms with E-state index in [1.54, 1.807) is 0 Å². The smallest absolute Gasteiger partial charge is 0.0607 e. The van der Waals surface area contributed by atoms with Crippen molar-refractivity contribution < 1.29 is 0 Å². The SMILES string of the molecule is c1ccc(SC2CC3CCN2CC3)cc1. The summed E-state index contributed by atoms with van der Waals surface area (Å²) in [6.45, 7) is 2.66. The Morgan fingerprint density at radius 3 is 2.40 bits per heavy atom. The van der Waals surface area contributed by atoms with Gasteiger partial charge in [0.15, 0.2) is 0 Å². The third kappa shape index (κ3) is 2.06. The maximum absolute atomic E-state index is 2.66. The number of hydrogen-bond acceptors (Lipinski definition) is 2. The summed E-state index contributed by atoms with van der Waals surface area (Å²) in [4.78, 5) is 4.09. The summed E-state index contributed by atoms with van der Waals surface area (Å²) in [7, 11) is 0. The molecule has 15 heavy (non-hydrogen) atoms. The number of rotatable bonds is 2. The van der Waals surface area contributed by atoms with E-state index in [4.69, 9.17) is 0 Å². The first kappa shape index (κ1) is 9.73. The monoisotopic (exact) mass is 219 g/mol. The highest BCUT2D eigenvalue weighted by molar-refractivity contribution is 7.99. The van der Waals surface area contributed by atoms with Crippen LogP contribution in [0.2, 0.25) is 0 Å². The van der Waals surface area contributed by atoms with E-state index in [0.717, 1.165) is 11.3 Å². The summed E-state index contributed by atoms with van der Waals surface area (Å²) >= 11 is 2.05. The zero-order chi connectivity index (χ0) is 10.1. The minimum atomic E-state index is 0.750. The lowest BCUT2D eigenvalue weighted by Gasteiger charge is -2.45. The lowest BCUT2D eigenvalue weighted by Crippen LogP contribution is -2.46. The highest BCUT2D eigenvalue weighted by Crippen LogP contribution is 2.39. The Morgan fingerprint density at radius 2 is 1.80 bits per heavy atom. The van der Waals surface area contributed by atoms with Crippen LogP contribution in [0, 0.1) is 5.92 Å². The van der Waals surface area contributed by atoms with E-state index < -0.39 is 0 Å². The lowest BCUT2D eigenvalue weighted by atomic mass is 9.88. The second kappa shape index (κ2) is 4.18. The van der Waals surface area contributed by atoms with Crippen LogP contribution < -0.4 is 0 Å².